The van der Waals surface area contributed by atoms with Crippen molar-refractivity contribution in [3.8, 4) is 0 Å². The average molecular weight is 421 g/mol. The zero-order chi connectivity index (χ0) is 22.6. The summed E-state index contributed by atoms with van der Waals surface area (Å²) < 4.78 is 6.80. The maximum atomic E-state index is 12.8. The molecule has 4 amide bonds. The first kappa shape index (κ1) is 23.4. The van der Waals surface area contributed by atoms with Crippen LogP contribution in [0.3, 0.4) is 0 Å². The topological polar surface area (TPSA) is 123 Å². The highest BCUT2D eigenvalue weighted by atomic mass is 16.5. The second-order valence-corrected chi connectivity index (χ2v) is 7.69. The number of carbonyl (C=O) groups excluding carboxylic acids is 4. The fourth-order valence-electron chi connectivity index (χ4n) is 3.73. The predicted octanol–water partition coefficient (Wildman–Crippen LogP) is 1.80. The zero-order valence-electron chi connectivity index (χ0n) is 18.5. The molecule has 2 rings (SSSR count). The molecule has 0 radical (unpaired) electrons. The van der Waals surface area contributed by atoms with Crippen molar-refractivity contribution in [3.63, 3.8) is 0 Å². The number of amides is 4. The van der Waals surface area contributed by atoms with E-state index in [1.165, 1.54) is 6.92 Å². The second kappa shape index (κ2) is 9.27. The van der Waals surface area contributed by atoms with Gasteiger partial charge in [-0.25, -0.2) is 4.79 Å². The molecule has 0 aliphatic carbocycles. The number of urea groups is 1. The van der Waals surface area contributed by atoms with E-state index in [0.29, 0.717) is 37.1 Å². The van der Waals surface area contributed by atoms with Crippen LogP contribution >= 0.6 is 0 Å². The molecule has 1 fully saturated rings. The lowest BCUT2D eigenvalue weighted by molar-refractivity contribution is -0.155. The first-order chi connectivity index (χ1) is 14.1. The Morgan fingerprint density at radius 1 is 1.20 bits per heavy atom. The molecule has 1 aliphatic heterocycles. The van der Waals surface area contributed by atoms with Gasteiger partial charge >= 0.3 is 12.0 Å². The standard InChI is InChI=1S/C20H31N5O5/c1-7-9-20(10-8-2)18(28)25(19(29)22-20)11-15(26)30-14(5)17(27)21-16-12(3)23-24(6)13(16)4/h14H,7-11H2,1-6H3,(H,21,27)(H,22,29)/t14-/m1/s1. The highest BCUT2D eigenvalue weighted by molar-refractivity contribution is 6.08. The summed E-state index contributed by atoms with van der Waals surface area (Å²) >= 11 is 0. The maximum absolute atomic E-state index is 12.8. The first-order valence-electron chi connectivity index (χ1n) is 10.2. The minimum absolute atomic E-state index is 0.424. The molecule has 1 atom stereocenters. The highest BCUT2D eigenvalue weighted by Gasteiger charge is 2.50. The van der Waals surface area contributed by atoms with Gasteiger partial charge in [0, 0.05) is 7.05 Å². The van der Waals surface area contributed by atoms with Crippen LogP contribution < -0.4 is 10.6 Å². The Hall–Kier alpha value is -2.91. The normalized spacial score (nSPS) is 16.4. The van der Waals surface area contributed by atoms with Gasteiger partial charge in [0.05, 0.1) is 17.1 Å². The van der Waals surface area contributed by atoms with E-state index in [9.17, 15) is 19.2 Å². The molecule has 0 bridgehead atoms. The molecule has 10 nitrogen and oxygen atoms in total. The zero-order valence-corrected chi connectivity index (χ0v) is 18.5. The number of carbonyl (C=O) groups is 4. The van der Waals surface area contributed by atoms with Crippen LogP contribution in [-0.4, -0.2) is 56.7 Å². The minimum atomic E-state index is -1.10. The lowest BCUT2D eigenvalue weighted by Gasteiger charge is -2.25. The SMILES string of the molecule is CCCC1(CCC)NC(=O)N(CC(=O)O[C@H](C)C(=O)Nc2c(C)nn(C)c2C)C1=O. The molecule has 166 valence electrons. The van der Waals surface area contributed by atoms with Gasteiger partial charge in [-0.05, 0) is 33.6 Å². The molecular formula is C20H31N5O5. The predicted molar refractivity (Wildman–Crippen MR) is 110 cm³/mol. The summed E-state index contributed by atoms with van der Waals surface area (Å²) in [5, 5.41) is 9.66. The van der Waals surface area contributed by atoms with Gasteiger partial charge in [0.1, 0.15) is 12.1 Å². The molecule has 10 heteroatoms. The van der Waals surface area contributed by atoms with Crippen molar-refractivity contribution in [2.24, 2.45) is 7.05 Å². The van der Waals surface area contributed by atoms with E-state index in [0.717, 1.165) is 10.6 Å². The van der Waals surface area contributed by atoms with Crippen molar-refractivity contribution < 1.29 is 23.9 Å². The van der Waals surface area contributed by atoms with Crippen molar-refractivity contribution >= 4 is 29.5 Å². The van der Waals surface area contributed by atoms with Gasteiger partial charge in [-0.1, -0.05) is 26.7 Å². The van der Waals surface area contributed by atoms with Crippen LogP contribution in [0.2, 0.25) is 0 Å². The van der Waals surface area contributed by atoms with Gasteiger partial charge in [-0.3, -0.25) is 24.0 Å². The van der Waals surface area contributed by atoms with Crippen LogP contribution in [-0.2, 0) is 26.2 Å². The van der Waals surface area contributed by atoms with Gasteiger partial charge in [-0.2, -0.15) is 5.10 Å². The van der Waals surface area contributed by atoms with E-state index in [1.54, 1.807) is 18.7 Å². The number of nitrogens with one attached hydrogen (secondary N) is 2. The molecule has 0 spiro atoms. The molecule has 2 heterocycles. The van der Waals surface area contributed by atoms with Crippen molar-refractivity contribution in [3.05, 3.63) is 11.4 Å². The maximum Gasteiger partial charge on any atom is 0.327 e. The number of aromatic nitrogens is 2. The number of hydrogen-bond donors (Lipinski definition) is 2. The molecule has 1 aromatic rings. The van der Waals surface area contributed by atoms with Crippen LogP contribution in [0.1, 0.15) is 57.8 Å². The Balaban J connectivity index is 2.00. The van der Waals surface area contributed by atoms with Gasteiger partial charge in [0.25, 0.3) is 11.8 Å². The molecule has 30 heavy (non-hydrogen) atoms. The van der Waals surface area contributed by atoms with Crippen LogP contribution in [0.15, 0.2) is 0 Å². The average Bonchev–Trinajstić information content (AvgIpc) is 3.03. The van der Waals surface area contributed by atoms with Crippen LogP contribution in [0.25, 0.3) is 0 Å². The van der Waals surface area contributed by atoms with Crippen molar-refractivity contribution in [2.45, 2.75) is 71.9 Å². The van der Waals surface area contributed by atoms with E-state index in [4.69, 9.17) is 4.74 Å². The van der Waals surface area contributed by atoms with Gasteiger partial charge < -0.3 is 15.4 Å². The molecule has 1 aromatic heterocycles. The largest absolute Gasteiger partial charge is 0.451 e. The second-order valence-electron chi connectivity index (χ2n) is 7.69. The molecule has 2 N–H and O–H groups in total. The van der Waals surface area contributed by atoms with Gasteiger partial charge in [-0.15, -0.1) is 0 Å². The molecule has 0 saturated carbocycles. The molecule has 1 saturated heterocycles. The third-order valence-electron chi connectivity index (χ3n) is 5.32. The summed E-state index contributed by atoms with van der Waals surface area (Å²) in [7, 11) is 1.76. The fourth-order valence-corrected chi connectivity index (χ4v) is 3.73. The Labute approximate surface area is 176 Å². The van der Waals surface area contributed by atoms with E-state index < -0.39 is 42.0 Å². The molecular weight excluding hydrogens is 390 g/mol. The molecule has 1 aliphatic rings. The van der Waals surface area contributed by atoms with Crippen LogP contribution in [0.5, 0.6) is 0 Å². The smallest absolute Gasteiger partial charge is 0.327 e. The first-order valence-corrected chi connectivity index (χ1v) is 10.2. The summed E-state index contributed by atoms with van der Waals surface area (Å²) in [6.07, 6.45) is 1.33. The Bertz CT molecular complexity index is 841. The van der Waals surface area contributed by atoms with Gasteiger partial charge in [0.15, 0.2) is 6.10 Å². The minimum Gasteiger partial charge on any atom is -0.451 e. The summed E-state index contributed by atoms with van der Waals surface area (Å²) in [6, 6.07) is -0.613. The number of imide groups is 1. The van der Waals surface area contributed by atoms with E-state index in [1.807, 2.05) is 20.8 Å². The summed E-state index contributed by atoms with van der Waals surface area (Å²) in [5.74, 6) is -1.78. The van der Waals surface area contributed by atoms with Crippen molar-refractivity contribution in [1.82, 2.24) is 20.0 Å². The Kier molecular flexibility index (Phi) is 7.22. The number of rotatable bonds is 9. The fraction of sp³-hybridized carbons (Fsp3) is 0.650. The Morgan fingerprint density at radius 3 is 2.30 bits per heavy atom. The number of aryl methyl sites for hydroxylation is 2. The van der Waals surface area contributed by atoms with Crippen molar-refractivity contribution in [1.29, 1.82) is 0 Å². The number of anilines is 1. The lowest BCUT2D eigenvalue weighted by Crippen LogP contribution is -2.47. The third kappa shape index (κ3) is 4.63. The number of hydrogen-bond acceptors (Lipinski definition) is 6. The summed E-state index contributed by atoms with van der Waals surface area (Å²) in [4.78, 5) is 50.8. The van der Waals surface area contributed by atoms with Gasteiger partial charge in [0.2, 0.25) is 0 Å². The Morgan fingerprint density at radius 2 is 1.80 bits per heavy atom. The summed E-state index contributed by atoms with van der Waals surface area (Å²) in [5.41, 5.74) is 0.994. The van der Waals surface area contributed by atoms with E-state index >= 15 is 0 Å². The van der Waals surface area contributed by atoms with E-state index in [2.05, 4.69) is 15.7 Å². The number of ether oxygens (including phenoxy) is 1. The molecule has 0 unspecified atom stereocenters. The molecule has 0 aromatic carbocycles. The quantitative estimate of drug-likeness (QED) is 0.463. The van der Waals surface area contributed by atoms with Crippen LogP contribution in [0.4, 0.5) is 10.5 Å². The monoisotopic (exact) mass is 421 g/mol. The third-order valence-corrected chi connectivity index (χ3v) is 5.32. The van der Waals surface area contributed by atoms with Crippen molar-refractivity contribution in [2.75, 3.05) is 11.9 Å². The van der Waals surface area contributed by atoms with E-state index in [-0.39, 0.29) is 0 Å². The summed E-state index contributed by atoms with van der Waals surface area (Å²) in [6.45, 7) is 8.32. The lowest BCUT2D eigenvalue weighted by atomic mass is 9.88. The number of esters is 1. The highest BCUT2D eigenvalue weighted by Crippen LogP contribution is 2.28. The number of nitrogens with zero attached hydrogens (tertiary/aromatic N) is 3. The van der Waals surface area contributed by atoms with Crippen LogP contribution in [0, 0.1) is 13.8 Å².